The number of piperidine rings is 1. The monoisotopic (exact) mass is 359 g/mol. The van der Waals surface area contributed by atoms with Crippen LogP contribution in [0, 0.1) is 0 Å². The average Bonchev–Trinajstić information content (AvgIpc) is 2.63. The molecule has 6 nitrogen and oxygen atoms in total. The first-order chi connectivity index (χ1) is 12.0. The van der Waals surface area contributed by atoms with Crippen molar-refractivity contribution < 1.29 is 13.2 Å². The molecule has 0 atom stereocenters. The summed E-state index contributed by atoms with van der Waals surface area (Å²) in [6, 6.07) is 14.8. The topological polar surface area (TPSA) is 92.5 Å². The van der Waals surface area contributed by atoms with Gasteiger partial charge in [0.05, 0.1) is 4.90 Å². The summed E-state index contributed by atoms with van der Waals surface area (Å²) in [4.78, 5) is 14.4. The lowest BCUT2D eigenvalue weighted by Gasteiger charge is -2.30. The third-order valence-electron chi connectivity index (χ3n) is 4.26. The second-order valence-electron chi connectivity index (χ2n) is 6.13. The van der Waals surface area contributed by atoms with Crippen LogP contribution in [0.2, 0.25) is 0 Å². The predicted octanol–water partition coefficient (Wildman–Crippen LogP) is 2.05. The van der Waals surface area contributed by atoms with Crippen LogP contribution in [0.5, 0.6) is 0 Å². The number of carbonyl (C=O) groups is 1. The van der Waals surface area contributed by atoms with Crippen molar-refractivity contribution in [3.8, 4) is 0 Å². The van der Waals surface area contributed by atoms with Gasteiger partial charge in [-0.15, -0.1) is 0 Å². The summed E-state index contributed by atoms with van der Waals surface area (Å²) in [6.45, 7) is 1.31. The molecule has 7 heteroatoms. The highest BCUT2D eigenvalue weighted by molar-refractivity contribution is 7.92. The molecule has 1 heterocycles. The van der Waals surface area contributed by atoms with E-state index in [0.29, 0.717) is 24.3 Å². The molecule has 25 heavy (non-hydrogen) atoms. The van der Waals surface area contributed by atoms with Gasteiger partial charge in [-0.2, -0.15) is 0 Å². The number of benzene rings is 2. The summed E-state index contributed by atoms with van der Waals surface area (Å²) in [5.74, 6) is -0.0515. The maximum absolute atomic E-state index is 12.5. The molecule has 2 aromatic rings. The Labute approximate surface area is 147 Å². The van der Waals surface area contributed by atoms with E-state index in [-0.39, 0.29) is 16.8 Å². The number of rotatable bonds is 4. The summed E-state index contributed by atoms with van der Waals surface area (Å²) in [7, 11) is -3.63. The van der Waals surface area contributed by atoms with Crippen LogP contribution in [-0.2, 0) is 10.0 Å². The standard InChI is InChI=1S/C18H21N3O3S/c19-15-10-12-21(13-11-15)18(22)14-6-8-16(9-7-14)20-25(23,24)17-4-2-1-3-5-17/h1-9,15,20H,10-13,19H2. The smallest absolute Gasteiger partial charge is 0.261 e. The van der Waals surface area contributed by atoms with Gasteiger partial charge < -0.3 is 10.6 Å². The van der Waals surface area contributed by atoms with Crippen LogP contribution < -0.4 is 10.5 Å². The third kappa shape index (κ3) is 4.18. The van der Waals surface area contributed by atoms with Gasteiger partial charge in [0, 0.05) is 30.4 Å². The molecule has 2 aromatic carbocycles. The molecule has 0 aromatic heterocycles. The van der Waals surface area contributed by atoms with Crippen molar-refractivity contribution in [3.05, 3.63) is 60.2 Å². The van der Waals surface area contributed by atoms with Crippen molar-refractivity contribution in [1.82, 2.24) is 4.90 Å². The van der Waals surface area contributed by atoms with E-state index in [0.717, 1.165) is 12.8 Å². The fourth-order valence-electron chi connectivity index (χ4n) is 2.78. The molecule has 3 N–H and O–H groups in total. The maximum atomic E-state index is 12.5. The van der Waals surface area contributed by atoms with Gasteiger partial charge in [0.2, 0.25) is 0 Å². The number of hydrogen-bond donors (Lipinski definition) is 2. The van der Waals surface area contributed by atoms with E-state index in [1.165, 1.54) is 12.1 Å². The lowest BCUT2D eigenvalue weighted by atomic mass is 10.0. The number of amides is 1. The summed E-state index contributed by atoms with van der Waals surface area (Å²) in [5, 5.41) is 0. The number of nitrogens with two attached hydrogens (primary N) is 1. The molecule has 3 rings (SSSR count). The van der Waals surface area contributed by atoms with Crippen LogP contribution in [-0.4, -0.2) is 38.4 Å². The Bertz CT molecular complexity index is 828. The number of nitrogens with zero attached hydrogens (tertiary/aromatic N) is 1. The Hall–Kier alpha value is -2.38. The highest BCUT2D eigenvalue weighted by Crippen LogP contribution is 2.18. The van der Waals surface area contributed by atoms with Gasteiger partial charge in [-0.25, -0.2) is 8.42 Å². The molecule has 1 amide bonds. The number of nitrogens with one attached hydrogen (secondary N) is 1. The first kappa shape index (κ1) is 17.4. The van der Waals surface area contributed by atoms with Crippen LogP contribution in [0.15, 0.2) is 59.5 Å². The molecule has 1 aliphatic rings. The molecule has 0 saturated carbocycles. The highest BCUT2D eigenvalue weighted by atomic mass is 32.2. The van der Waals surface area contributed by atoms with Crippen LogP contribution in [0.3, 0.4) is 0 Å². The first-order valence-electron chi connectivity index (χ1n) is 8.18. The number of likely N-dealkylation sites (tertiary alicyclic amines) is 1. The van der Waals surface area contributed by atoms with Crippen LogP contribution in [0.1, 0.15) is 23.2 Å². The summed E-state index contributed by atoms with van der Waals surface area (Å²) in [5.41, 5.74) is 6.82. The lowest BCUT2D eigenvalue weighted by molar-refractivity contribution is 0.0715. The van der Waals surface area contributed by atoms with Crippen molar-refractivity contribution in [1.29, 1.82) is 0 Å². The maximum Gasteiger partial charge on any atom is 0.261 e. The third-order valence-corrected chi connectivity index (χ3v) is 5.66. The quantitative estimate of drug-likeness (QED) is 0.874. The first-order valence-corrected chi connectivity index (χ1v) is 9.67. The second kappa shape index (κ2) is 7.25. The fraction of sp³-hybridized carbons (Fsp3) is 0.278. The summed E-state index contributed by atoms with van der Waals surface area (Å²) < 4.78 is 27.1. The number of sulfonamides is 1. The molecule has 0 aliphatic carbocycles. The van der Waals surface area contributed by atoms with E-state index in [1.54, 1.807) is 47.4 Å². The number of carbonyl (C=O) groups excluding carboxylic acids is 1. The molecule has 132 valence electrons. The molecule has 1 saturated heterocycles. The van der Waals surface area contributed by atoms with Crippen molar-refractivity contribution >= 4 is 21.6 Å². The van der Waals surface area contributed by atoms with E-state index in [4.69, 9.17) is 5.73 Å². The van der Waals surface area contributed by atoms with Crippen LogP contribution in [0.25, 0.3) is 0 Å². The Morgan fingerprint density at radius 3 is 2.20 bits per heavy atom. The minimum atomic E-state index is -3.63. The summed E-state index contributed by atoms with van der Waals surface area (Å²) in [6.07, 6.45) is 1.61. The molecule has 0 unspecified atom stereocenters. The lowest BCUT2D eigenvalue weighted by Crippen LogP contribution is -2.42. The van der Waals surface area contributed by atoms with Crippen molar-refractivity contribution in [2.75, 3.05) is 17.8 Å². The SMILES string of the molecule is NC1CCN(C(=O)c2ccc(NS(=O)(=O)c3ccccc3)cc2)CC1. The number of hydrogen-bond acceptors (Lipinski definition) is 4. The van der Waals surface area contributed by atoms with Crippen molar-refractivity contribution in [2.45, 2.75) is 23.8 Å². The minimum absolute atomic E-state index is 0.0515. The van der Waals surface area contributed by atoms with Gasteiger partial charge in [-0.1, -0.05) is 18.2 Å². The van der Waals surface area contributed by atoms with Crippen LogP contribution >= 0.6 is 0 Å². The van der Waals surface area contributed by atoms with E-state index in [2.05, 4.69) is 4.72 Å². The zero-order valence-corrected chi connectivity index (χ0v) is 14.6. The Morgan fingerprint density at radius 1 is 1.00 bits per heavy atom. The Morgan fingerprint density at radius 2 is 1.60 bits per heavy atom. The van der Waals surface area contributed by atoms with Crippen LogP contribution in [0.4, 0.5) is 5.69 Å². The van der Waals surface area contributed by atoms with Gasteiger partial charge in [0.15, 0.2) is 0 Å². The highest BCUT2D eigenvalue weighted by Gasteiger charge is 2.21. The second-order valence-corrected chi connectivity index (χ2v) is 7.81. The van der Waals surface area contributed by atoms with Crippen molar-refractivity contribution in [3.63, 3.8) is 0 Å². The molecule has 1 fully saturated rings. The molecule has 0 bridgehead atoms. The van der Waals surface area contributed by atoms with Gasteiger partial charge >= 0.3 is 0 Å². The summed E-state index contributed by atoms with van der Waals surface area (Å²) >= 11 is 0. The molecule has 0 spiro atoms. The van der Waals surface area contributed by atoms with Crippen molar-refractivity contribution in [2.24, 2.45) is 5.73 Å². The van der Waals surface area contributed by atoms with E-state index >= 15 is 0 Å². The van der Waals surface area contributed by atoms with Gasteiger partial charge in [0.25, 0.3) is 15.9 Å². The Balaban J connectivity index is 1.69. The van der Waals surface area contributed by atoms with Gasteiger partial charge in [0.1, 0.15) is 0 Å². The molecule has 1 aliphatic heterocycles. The largest absolute Gasteiger partial charge is 0.339 e. The van der Waals surface area contributed by atoms with E-state index < -0.39 is 10.0 Å². The zero-order valence-electron chi connectivity index (χ0n) is 13.8. The normalized spacial score (nSPS) is 15.8. The Kier molecular flexibility index (Phi) is 5.06. The van der Waals surface area contributed by atoms with Gasteiger partial charge in [-0.3, -0.25) is 9.52 Å². The fourth-order valence-corrected chi connectivity index (χ4v) is 3.86. The molecular formula is C18H21N3O3S. The van der Waals surface area contributed by atoms with Gasteiger partial charge in [-0.05, 0) is 49.2 Å². The predicted molar refractivity (Wildman–Crippen MR) is 96.8 cm³/mol. The number of anilines is 1. The molecule has 0 radical (unpaired) electrons. The van der Waals surface area contributed by atoms with E-state index in [9.17, 15) is 13.2 Å². The van der Waals surface area contributed by atoms with E-state index in [1.807, 2.05) is 0 Å². The zero-order chi connectivity index (χ0) is 17.9. The minimum Gasteiger partial charge on any atom is -0.339 e. The molecular weight excluding hydrogens is 338 g/mol. The average molecular weight is 359 g/mol.